The Hall–Kier alpha value is -2.89. The van der Waals surface area contributed by atoms with E-state index in [9.17, 15) is 14.0 Å². The molecule has 124 valence electrons. The van der Waals surface area contributed by atoms with E-state index in [0.29, 0.717) is 17.8 Å². The summed E-state index contributed by atoms with van der Waals surface area (Å²) < 4.78 is 18.2. The van der Waals surface area contributed by atoms with Gasteiger partial charge in [0.25, 0.3) is 5.91 Å². The van der Waals surface area contributed by atoms with Gasteiger partial charge < -0.3 is 10.1 Å². The van der Waals surface area contributed by atoms with E-state index in [2.05, 4.69) is 5.32 Å². The van der Waals surface area contributed by atoms with Gasteiger partial charge in [0.1, 0.15) is 11.9 Å². The molecule has 1 fully saturated rings. The van der Waals surface area contributed by atoms with E-state index in [4.69, 9.17) is 4.74 Å². The Morgan fingerprint density at radius 2 is 1.88 bits per heavy atom. The van der Waals surface area contributed by atoms with Crippen LogP contribution in [0.5, 0.6) is 0 Å². The Morgan fingerprint density at radius 1 is 1.21 bits per heavy atom. The summed E-state index contributed by atoms with van der Waals surface area (Å²) in [5.41, 5.74) is 2.19. The number of rotatable bonds is 4. The lowest BCUT2D eigenvalue weighted by Crippen LogP contribution is -2.34. The van der Waals surface area contributed by atoms with E-state index in [-0.39, 0.29) is 18.3 Å². The van der Waals surface area contributed by atoms with E-state index >= 15 is 0 Å². The van der Waals surface area contributed by atoms with Gasteiger partial charge in [0.15, 0.2) is 0 Å². The number of cyclic esters (lactones) is 1. The molecule has 1 aliphatic rings. The third kappa shape index (κ3) is 3.53. The number of nitrogens with zero attached hydrogens (tertiary/aromatic N) is 1. The minimum Gasteiger partial charge on any atom is -0.442 e. The lowest BCUT2D eigenvalue weighted by molar-refractivity contribution is 0.0916. The highest BCUT2D eigenvalue weighted by atomic mass is 19.1. The summed E-state index contributed by atoms with van der Waals surface area (Å²) >= 11 is 0. The highest BCUT2D eigenvalue weighted by Crippen LogP contribution is 2.21. The average Bonchev–Trinajstić information content (AvgIpc) is 2.95. The molecule has 1 atom stereocenters. The molecule has 1 aliphatic heterocycles. The van der Waals surface area contributed by atoms with Crippen molar-refractivity contribution in [3.05, 3.63) is 65.5 Å². The fraction of sp³-hybridized carbons (Fsp3) is 0.222. The van der Waals surface area contributed by atoms with E-state index in [0.717, 1.165) is 5.56 Å². The highest BCUT2D eigenvalue weighted by molar-refractivity contribution is 5.94. The van der Waals surface area contributed by atoms with E-state index < -0.39 is 12.2 Å². The number of aryl methyl sites for hydroxylation is 1. The van der Waals surface area contributed by atoms with Crippen LogP contribution in [0.2, 0.25) is 0 Å². The van der Waals surface area contributed by atoms with Crippen LogP contribution in [0.4, 0.5) is 14.9 Å². The van der Waals surface area contributed by atoms with Crippen LogP contribution in [0.1, 0.15) is 15.9 Å². The predicted octanol–water partition coefficient (Wildman–Crippen LogP) is 2.89. The van der Waals surface area contributed by atoms with Crippen molar-refractivity contribution in [1.29, 1.82) is 0 Å². The van der Waals surface area contributed by atoms with Crippen molar-refractivity contribution >= 4 is 17.7 Å². The Morgan fingerprint density at radius 3 is 2.54 bits per heavy atom. The normalized spacial score (nSPS) is 16.8. The number of carbonyl (C=O) groups is 2. The van der Waals surface area contributed by atoms with Gasteiger partial charge in [-0.2, -0.15) is 0 Å². The number of halogens is 1. The number of carbonyl (C=O) groups excluding carboxylic acids is 2. The van der Waals surface area contributed by atoms with Gasteiger partial charge in [-0.15, -0.1) is 0 Å². The molecule has 3 rings (SSSR count). The van der Waals surface area contributed by atoms with E-state index in [1.165, 1.54) is 29.2 Å². The maximum absolute atomic E-state index is 13.0. The molecular formula is C18H17FN2O3. The average molecular weight is 328 g/mol. The van der Waals surface area contributed by atoms with Crippen LogP contribution in [0.15, 0.2) is 48.5 Å². The standard InChI is InChI=1S/C18H17FN2O3/c1-12-2-4-13(5-3-12)17(22)20-10-16-11-21(18(23)24-16)15-8-6-14(19)7-9-15/h2-9,16H,10-11H2,1H3,(H,20,22). The molecular weight excluding hydrogens is 311 g/mol. The van der Waals surface area contributed by atoms with E-state index in [1.807, 2.05) is 19.1 Å². The molecule has 0 aromatic heterocycles. The molecule has 2 aromatic carbocycles. The summed E-state index contributed by atoms with van der Waals surface area (Å²) in [6, 6.07) is 12.8. The third-order valence-corrected chi connectivity index (χ3v) is 3.82. The Bertz CT molecular complexity index is 744. The van der Waals surface area contributed by atoms with Crippen molar-refractivity contribution in [2.75, 3.05) is 18.0 Å². The third-order valence-electron chi connectivity index (χ3n) is 3.82. The molecule has 2 amide bonds. The van der Waals surface area contributed by atoms with Crippen LogP contribution in [0.3, 0.4) is 0 Å². The monoisotopic (exact) mass is 328 g/mol. The minimum absolute atomic E-state index is 0.216. The van der Waals surface area contributed by atoms with Crippen molar-refractivity contribution in [2.24, 2.45) is 0 Å². The van der Waals surface area contributed by atoms with Gasteiger partial charge in [-0.1, -0.05) is 17.7 Å². The van der Waals surface area contributed by atoms with Gasteiger partial charge >= 0.3 is 6.09 Å². The maximum Gasteiger partial charge on any atom is 0.414 e. The predicted molar refractivity (Wildman–Crippen MR) is 87.5 cm³/mol. The number of ether oxygens (including phenoxy) is 1. The smallest absolute Gasteiger partial charge is 0.414 e. The minimum atomic E-state index is -0.504. The molecule has 24 heavy (non-hydrogen) atoms. The fourth-order valence-electron chi connectivity index (χ4n) is 2.47. The summed E-state index contributed by atoms with van der Waals surface area (Å²) in [7, 11) is 0. The number of amides is 2. The van der Waals surface area contributed by atoms with Crippen LogP contribution in [-0.4, -0.2) is 31.2 Å². The Labute approximate surface area is 139 Å². The molecule has 0 saturated carbocycles. The maximum atomic E-state index is 13.0. The molecule has 0 aliphatic carbocycles. The van der Waals surface area contributed by atoms with Crippen LogP contribution in [0.25, 0.3) is 0 Å². The first-order chi connectivity index (χ1) is 11.5. The van der Waals surface area contributed by atoms with Crippen LogP contribution < -0.4 is 10.2 Å². The van der Waals surface area contributed by atoms with Crippen molar-refractivity contribution in [1.82, 2.24) is 5.32 Å². The molecule has 0 spiro atoms. The summed E-state index contributed by atoms with van der Waals surface area (Å²) in [5.74, 6) is -0.584. The van der Waals surface area contributed by atoms with Crippen LogP contribution >= 0.6 is 0 Å². The van der Waals surface area contributed by atoms with Crippen molar-refractivity contribution in [3.63, 3.8) is 0 Å². The molecule has 1 heterocycles. The molecule has 1 N–H and O–H groups in total. The summed E-state index contributed by atoms with van der Waals surface area (Å²) in [4.78, 5) is 25.4. The van der Waals surface area contributed by atoms with Gasteiger partial charge in [-0.3, -0.25) is 9.69 Å². The Balaban J connectivity index is 1.57. The van der Waals surface area contributed by atoms with E-state index in [1.54, 1.807) is 12.1 Å². The fourth-order valence-corrected chi connectivity index (χ4v) is 2.47. The number of anilines is 1. The van der Waals surface area contributed by atoms with Gasteiger partial charge in [-0.05, 0) is 43.3 Å². The summed E-state index contributed by atoms with van der Waals surface area (Å²) in [6.07, 6.45) is -0.951. The van der Waals surface area contributed by atoms with Crippen LogP contribution in [-0.2, 0) is 4.74 Å². The number of nitrogens with one attached hydrogen (secondary N) is 1. The zero-order valence-electron chi connectivity index (χ0n) is 13.2. The molecule has 2 aromatic rings. The van der Waals surface area contributed by atoms with Gasteiger partial charge in [0.05, 0.1) is 13.1 Å². The SMILES string of the molecule is Cc1ccc(C(=O)NCC2CN(c3ccc(F)cc3)C(=O)O2)cc1. The zero-order valence-corrected chi connectivity index (χ0v) is 13.2. The second kappa shape index (κ2) is 6.70. The highest BCUT2D eigenvalue weighted by Gasteiger charge is 2.32. The number of benzene rings is 2. The first-order valence-corrected chi connectivity index (χ1v) is 7.61. The van der Waals surface area contributed by atoms with Gasteiger partial charge in [-0.25, -0.2) is 9.18 Å². The largest absolute Gasteiger partial charge is 0.442 e. The Kier molecular flexibility index (Phi) is 4.46. The molecule has 5 nitrogen and oxygen atoms in total. The van der Waals surface area contributed by atoms with Gasteiger partial charge in [0, 0.05) is 11.3 Å². The quantitative estimate of drug-likeness (QED) is 0.939. The number of hydrogen-bond donors (Lipinski definition) is 1. The molecule has 0 bridgehead atoms. The lowest BCUT2D eigenvalue weighted by atomic mass is 10.1. The second-order valence-electron chi connectivity index (χ2n) is 5.67. The molecule has 0 radical (unpaired) electrons. The van der Waals surface area contributed by atoms with Crippen LogP contribution in [0, 0.1) is 12.7 Å². The van der Waals surface area contributed by atoms with Crippen molar-refractivity contribution < 1.29 is 18.7 Å². The number of hydrogen-bond acceptors (Lipinski definition) is 3. The van der Waals surface area contributed by atoms with Gasteiger partial charge in [0.2, 0.25) is 0 Å². The first kappa shape index (κ1) is 16.0. The summed E-state index contributed by atoms with van der Waals surface area (Å²) in [5, 5.41) is 2.76. The molecule has 1 saturated heterocycles. The lowest BCUT2D eigenvalue weighted by Gasteiger charge is -2.13. The second-order valence-corrected chi connectivity index (χ2v) is 5.67. The topological polar surface area (TPSA) is 58.6 Å². The molecule has 6 heteroatoms. The van der Waals surface area contributed by atoms with Crippen molar-refractivity contribution in [2.45, 2.75) is 13.0 Å². The molecule has 1 unspecified atom stereocenters. The summed E-state index contributed by atoms with van der Waals surface area (Å²) in [6.45, 7) is 2.47. The first-order valence-electron chi connectivity index (χ1n) is 7.61. The van der Waals surface area contributed by atoms with Crippen molar-refractivity contribution in [3.8, 4) is 0 Å². The zero-order chi connectivity index (χ0) is 17.1.